The molecule has 0 bridgehead atoms. The number of hydrogen-bond donors (Lipinski definition) is 0. The normalized spacial score (nSPS) is 20.7. The molecule has 8 nitrogen and oxygen atoms in total. The summed E-state index contributed by atoms with van der Waals surface area (Å²) in [5.41, 5.74) is 0.490. The van der Waals surface area contributed by atoms with Crippen LogP contribution in [0.4, 0.5) is 0 Å². The second kappa shape index (κ2) is 8.08. The lowest BCUT2D eigenvalue weighted by Crippen LogP contribution is -2.45. The minimum atomic E-state index is -3.10. The zero-order valence-corrected chi connectivity index (χ0v) is 15.5. The number of ether oxygens (including phenoxy) is 2. The van der Waals surface area contributed by atoms with Crippen molar-refractivity contribution in [2.24, 2.45) is 0 Å². The predicted octanol–water partition coefficient (Wildman–Crippen LogP) is 0.599. The number of benzene rings is 1. The Morgan fingerprint density at radius 2 is 1.78 bits per heavy atom. The molecule has 1 aromatic carbocycles. The first-order chi connectivity index (χ1) is 12.9. The number of nitrogens with zero attached hydrogens (tertiary/aromatic N) is 1. The summed E-state index contributed by atoms with van der Waals surface area (Å²) in [6.07, 6.45) is 2.82. The van der Waals surface area contributed by atoms with Crippen molar-refractivity contribution >= 4 is 28.0 Å². The lowest BCUT2D eigenvalue weighted by atomic mass is 10.2. The van der Waals surface area contributed by atoms with Gasteiger partial charge in [-0.15, -0.1) is 0 Å². The van der Waals surface area contributed by atoms with Crippen molar-refractivity contribution < 1.29 is 32.3 Å². The summed E-state index contributed by atoms with van der Waals surface area (Å²) in [4.78, 5) is 36.4. The van der Waals surface area contributed by atoms with Crippen molar-refractivity contribution in [2.75, 3.05) is 24.7 Å². The van der Waals surface area contributed by atoms with Gasteiger partial charge in [0.2, 0.25) is 0 Å². The number of rotatable bonds is 8. The second-order valence-electron chi connectivity index (χ2n) is 6.73. The van der Waals surface area contributed by atoms with Crippen molar-refractivity contribution in [1.82, 2.24) is 4.90 Å². The van der Waals surface area contributed by atoms with Gasteiger partial charge in [-0.25, -0.2) is 13.2 Å². The smallest absolute Gasteiger partial charge is 0.344 e. The summed E-state index contributed by atoms with van der Waals surface area (Å²) in [5.74, 6) is -0.603. The first kappa shape index (κ1) is 19.3. The number of hydrogen-bond acceptors (Lipinski definition) is 7. The SMILES string of the molecule is O=Cc1ccc(OCC(=O)OCC(=O)N(C2CC2)[C@@H]2CCS(=O)(=O)C2)cc1. The first-order valence-corrected chi connectivity index (χ1v) is 10.6. The number of amides is 1. The fourth-order valence-electron chi connectivity index (χ4n) is 3.10. The maximum Gasteiger partial charge on any atom is 0.344 e. The molecule has 0 aromatic heterocycles. The molecule has 0 spiro atoms. The Balaban J connectivity index is 1.46. The average Bonchev–Trinajstić information content (AvgIpc) is 3.41. The Bertz CT molecular complexity index is 815. The van der Waals surface area contributed by atoms with Gasteiger partial charge in [-0.2, -0.15) is 0 Å². The summed E-state index contributed by atoms with van der Waals surface area (Å²) in [6.45, 7) is -0.797. The van der Waals surface area contributed by atoms with E-state index in [1.54, 1.807) is 29.2 Å². The van der Waals surface area contributed by atoms with Gasteiger partial charge in [0.25, 0.3) is 5.91 Å². The maximum absolute atomic E-state index is 12.5. The van der Waals surface area contributed by atoms with Gasteiger partial charge in [0.1, 0.15) is 12.0 Å². The number of carbonyl (C=O) groups is 3. The molecule has 1 amide bonds. The third-order valence-electron chi connectivity index (χ3n) is 4.56. The zero-order valence-electron chi connectivity index (χ0n) is 14.7. The molecule has 1 aliphatic carbocycles. The van der Waals surface area contributed by atoms with E-state index in [9.17, 15) is 22.8 Å². The van der Waals surface area contributed by atoms with Crippen LogP contribution < -0.4 is 4.74 Å². The largest absolute Gasteiger partial charge is 0.482 e. The summed E-state index contributed by atoms with van der Waals surface area (Å²) in [6, 6.07) is 5.93. The summed E-state index contributed by atoms with van der Waals surface area (Å²) in [7, 11) is -3.10. The molecule has 1 heterocycles. The van der Waals surface area contributed by atoms with Crippen molar-refractivity contribution in [3.63, 3.8) is 0 Å². The van der Waals surface area contributed by atoms with Gasteiger partial charge in [0, 0.05) is 17.6 Å². The highest BCUT2D eigenvalue weighted by atomic mass is 32.2. The Morgan fingerprint density at radius 3 is 2.33 bits per heavy atom. The summed E-state index contributed by atoms with van der Waals surface area (Å²) >= 11 is 0. The Hall–Kier alpha value is -2.42. The number of aldehydes is 1. The molecule has 3 rings (SSSR count). The van der Waals surface area contributed by atoms with Crippen LogP contribution in [-0.2, 0) is 24.2 Å². The van der Waals surface area contributed by atoms with Crippen LogP contribution in [0.5, 0.6) is 5.75 Å². The molecule has 1 saturated heterocycles. The maximum atomic E-state index is 12.5. The van der Waals surface area contributed by atoms with E-state index in [0.717, 1.165) is 12.8 Å². The van der Waals surface area contributed by atoms with Crippen molar-refractivity contribution in [1.29, 1.82) is 0 Å². The van der Waals surface area contributed by atoms with Crippen LogP contribution in [0.3, 0.4) is 0 Å². The quantitative estimate of drug-likeness (QED) is 0.468. The molecule has 27 heavy (non-hydrogen) atoms. The predicted molar refractivity (Wildman–Crippen MR) is 95.2 cm³/mol. The Labute approximate surface area is 157 Å². The molecular formula is C18H21NO7S. The van der Waals surface area contributed by atoms with Gasteiger partial charge in [0.15, 0.2) is 23.1 Å². The standard InChI is InChI=1S/C18H21NO7S/c20-9-13-1-5-16(6-2-13)25-11-18(22)26-10-17(21)19(14-3-4-14)15-7-8-27(23,24)12-15/h1-2,5-6,9,14-15H,3-4,7-8,10-12H2/t15-/m1/s1. The minimum Gasteiger partial charge on any atom is -0.482 e. The third-order valence-corrected chi connectivity index (χ3v) is 6.31. The number of esters is 1. The molecule has 2 fully saturated rings. The molecule has 1 aromatic rings. The van der Waals surface area contributed by atoms with E-state index in [0.29, 0.717) is 24.0 Å². The Morgan fingerprint density at radius 1 is 1.07 bits per heavy atom. The molecule has 0 N–H and O–H groups in total. The fraction of sp³-hybridized carbons (Fsp3) is 0.500. The summed E-state index contributed by atoms with van der Waals surface area (Å²) < 4.78 is 33.6. The molecule has 9 heteroatoms. The van der Waals surface area contributed by atoms with Crippen LogP contribution in [0.15, 0.2) is 24.3 Å². The molecule has 146 valence electrons. The molecule has 2 aliphatic rings. The molecule has 1 saturated carbocycles. The van der Waals surface area contributed by atoms with Crippen molar-refractivity contribution in [3.8, 4) is 5.75 Å². The molecule has 1 atom stereocenters. The van der Waals surface area contributed by atoms with E-state index in [2.05, 4.69) is 0 Å². The van der Waals surface area contributed by atoms with Crippen molar-refractivity contribution in [3.05, 3.63) is 29.8 Å². The summed E-state index contributed by atoms with van der Waals surface area (Å²) in [5, 5.41) is 0. The zero-order chi connectivity index (χ0) is 19.4. The van der Waals surface area contributed by atoms with Gasteiger partial charge in [-0.05, 0) is 43.5 Å². The number of carbonyl (C=O) groups excluding carboxylic acids is 3. The first-order valence-electron chi connectivity index (χ1n) is 8.73. The topological polar surface area (TPSA) is 107 Å². The highest BCUT2D eigenvalue weighted by Crippen LogP contribution is 2.32. The van der Waals surface area contributed by atoms with Crippen LogP contribution in [0.1, 0.15) is 29.6 Å². The monoisotopic (exact) mass is 395 g/mol. The van der Waals surface area contributed by atoms with Crippen LogP contribution in [0.2, 0.25) is 0 Å². The Kier molecular flexibility index (Phi) is 5.79. The van der Waals surface area contributed by atoms with Crippen LogP contribution in [0, 0.1) is 0 Å². The van der Waals surface area contributed by atoms with Gasteiger partial charge in [-0.3, -0.25) is 9.59 Å². The molecule has 0 unspecified atom stereocenters. The lowest BCUT2D eigenvalue weighted by molar-refractivity contribution is -0.154. The minimum absolute atomic E-state index is 0.0247. The highest BCUT2D eigenvalue weighted by Gasteiger charge is 2.42. The average molecular weight is 395 g/mol. The highest BCUT2D eigenvalue weighted by molar-refractivity contribution is 7.91. The van der Waals surface area contributed by atoms with Crippen LogP contribution in [0.25, 0.3) is 0 Å². The van der Waals surface area contributed by atoms with E-state index >= 15 is 0 Å². The molecule has 1 aliphatic heterocycles. The van der Waals surface area contributed by atoms with Crippen LogP contribution >= 0.6 is 0 Å². The molecular weight excluding hydrogens is 374 g/mol. The fourth-order valence-corrected chi connectivity index (χ4v) is 4.81. The van der Waals surface area contributed by atoms with Crippen LogP contribution in [-0.4, -0.2) is 68.3 Å². The van der Waals surface area contributed by atoms with Gasteiger partial charge >= 0.3 is 5.97 Å². The third kappa shape index (κ3) is 5.29. The lowest BCUT2D eigenvalue weighted by Gasteiger charge is -2.28. The second-order valence-corrected chi connectivity index (χ2v) is 8.95. The van der Waals surface area contributed by atoms with E-state index < -0.39 is 22.4 Å². The van der Waals surface area contributed by atoms with E-state index in [-0.39, 0.29) is 36.1 Å². The van der Waals surface area contributed by atoms with E-state index in [1.807, 2.05) is 0 Å². The van der Waals surface area contributed by atoms with E-state index in [4.69, 9.17) is 9.47 Å². The van der Waals surface area contributed by atoms with Gasteiger partial charge in [0.05, 0.1) is 11.5 Å². The number of sulfone groups is 1. The van der Waals surface area contributed by atoms with E-state index in [1.165, 1.54) is 0 Å². The van der Waals surface area contributed by atoms with Gasteiger partial charge < -0.3 is 14.4 Å². The molecule has 0 radical (unpaired) electrons. The van der Waals surface area contributed by atoms with Gasteiger partial charge in [-0.1, -0.05) is 0 Å². The van der Waals surface area contributed by atoms with Crippen molar-refractivity contribution in [2.45, 2.75) is 31.3 Å².